The van der Waals surface area contributed by atoms with Gasteiger partial charge in [0.15, 0.2) is 0 Å². The van der Waals surface area contributed by atoms with Crippen molar-refractivity contribution in [3.05, 3.63) is 6.42 Å². The summed E-state index contributed by atoms with van der Waals surface area (Å²) < 4.78 is 5.00. The van der Waals surface area contributed by atoms with Gasteiger partial charge in [-0.15, -0.1) is 0 Å². The van der Waals surface area contributed by atoms with Crippen molar-refractivity contribution >= 4 is 0 Å². The summed E-state index contributed by atoms with van der Waals surface area (Å²) in [6, 6.07) is 0. The highest BCUT2D eigenvalue weighted by Gasteiger charge is 2.20. The van der Waals surface area contributed by atoms with Crippen LogP contribution in [-0.2, 0) is 4.74 Å². The van der Waals surface area contributed by atoms with Crippen LogP contribution >= 0.6 is 0 Å². The average Bonchev–Trinajstić information content (AvgIpc) is 2.51. The molecule has 0 amide bonds. The van der Waals surface area contributed by atoms with Crippen molar-refractivity contribution in [3.8, 4) is 0 Å². The molecule has 1 fully saturated rings. The van der Waals surface area contributed by atoms with Gasteiger partial charge in [-0.25, -0.2) is 0 Å². The van der Waals surface area contributed by atoms with Gasteiger partial charge in [0.05, 0.1) is 12.7 Å². The van der Waals surface area contributed by atoms with Gasteiger partial charge in [0, 0.05) is 0 Å². The Morgan fingerprint density at radius 3 is 3.00 bits per heavy atom. The fourth-order valence-corrected chi connectivity index (χ4v) is 0.700. The second-order valence-electron chi connectivity index (χ2n) is 2.25. The van der Waals surface area contributed by atoms with E-state index in [2.05, 4.69) is 13.3 Å². The van der Waals surface area contributed by atoms with Gasteiger partial charge in [-0.3, -0.25) is 0 Å². The van der Waals surface area contributed by atoms with Crippen LogP contribution in [0.5, 0.6) is 0 Å². The van der Waals surface area contributed by atoms with Crippen molar-refractivity contribution in [3.63, 3.8) is 0 Å². The standard InChI is InChI=1S/C7H13O/c1-2-3-4-5-7-6-8-7/h5,7H,2-4,6H2,1H3. The van der Waals surface area contributed by atoms with E-state index in [1.807, 2.05) is 0 Å². The van der Waals surface area contributed by atoms with Gasteiger partial charge in [0.2, 0.25) is 0 Å². The summed E-state index contributed by atoms with van der Waals surface area (Å²) in [6.07, 6.45) is 6.65. The van der Waals surface area contributed by atoms with Crippen molar-refractivity contribution in [2.24, 2.45) is 0 Å². The highest BCUT2D eigenvalue weighted by molar-refractivity contribution is 4.84. The van der Waals surface area contributed by atoms with Crippen molar-refractivity contribution in [1.82, 2.24) is 0 Å². The number of hydrogen-bond acceptors (Lipinski definition) is 1. The van der Waals surface area contributed by atoms with Crippen molar-refractivity contribution < 1.29 is 4.74 Å². The van der Waals surface area contributed by atoms with Gasteiger partial charge < -0.3 is 4.74 Å². The first-order valence-electron chi connectivity index (χ1n) is 3.38. The minimum absolute atomic E-state index is 0.529. The molecule has 1 aliphatic rings. The Kier molecular flexibility index (Phi) is 2.34. The largest absolute Gasteiger partial charge is 0.373 e. The van der Waals surface area contributed by atoms with Crippen LogP contribution in [0.15, 0.2) is 0 Å². The number of epoxide rings is 1. The molecule has 1 heterocycles. The SMILES string of the molecule is CCCC[CH]C1CO1. The van der Waals surface area contributed by atoms with E-state index in [-0.39, 0.29) is 0 Å². The molecule has 47 valence electrons. The summed E-state index contributed by atoms with van der Waals surface area (Å²) in [4.78, 5) is 0. The number of unbranched alkanes of at least 4 members (excludes halogenated alkanes) is 2. The van der Waals surface area contributed by atoms with Crippen LogP contribution in [-0.4, -0.2) is 12.7 Å². The second-order valence-corrected chi connectivity index (χ2v) is 2.25. The molecule has 1 heteroatoms. The van der Waals surface area contributed by atoms with Crippen LogP contribution in [0.2, 0.25) is 0 Å². The minimum Gasteiger partial charge on any atom is -0.373 e. The van der Waals surface area contributed by atoms with Gasteiger partial charge in [0.1, 0.15) is 0 Å². The zero-order chi connectivity index (χ0) is 5.82. The molecule has 0 spiro atoms. The van der Waals surface area contributed by atoms with Crippen LogP contribution in [0.1, 0.15) is 26.2 Å². The van der Waals surface area contributed by atoms with Gasteiger partial charge >= 0.3 is 0 Å². The Bertz CT molecular complexity index is 57.4. The van der Waals surface area contributed by atoms with E-state index in [0.717, 1.165) is 6.61 Å². The molecule has 1 aliphatic heterocycles. The summed E-state index contributed by atoms with van der Waals surface area (Å²) in [5, 5.41) is 0. The lowest BCUT2D eigenvalue weighted by Gasteiger charge is -1.90. The quantitative estimate of drug-likeness (QED) is 0.400. The molecule has 8 heavy (non-hydrogen) atoms. The van der Waals surface area contributed by atoms with Crippen LogP contribution in [0.25, 0.3) is 0 Å². The van der Waals surface area contributed by atoms with Gasteiger partial charge in [-0.05, 0) is 12.8 Å². The van der Waals surface area contributed by atoms with E-state index in [1.54, 1.807) is 0 Å². The van der Waals surface area contributed by atoms with E-state index >= 15 is 0 Å². The Balaban J connectivity index is 1.74. The second kappa shape index (κ2) is 3.08. The molecule has 1 atom stereocenters. The van der Waals surface area contributed by atoms with Crippen LogP contribution in [0.4, 0.5) is 0 Å². The first-order valence-corrected chi connectivity index (χ1v) is 3.38. The molecular formula is C7H13O. The lowest BCUT2D eigenvalue weighted by Crippen LogP contribution is -1.84. The zero-order valence-electron chi connectivity index (χ0n) is 5.39. The van der Waals surface area contributed by atoms with E-state index < -0.39 is 0 Å². The molecule has 0 N–H and O–H groups in total. The van der Waals surface area contributed by atoms with Crippen molar-refractivity contribution in [2.75, 3.05) is 6.61 Å². The number of rotatable bonds is 4. The summed E-state index contributed by atoms with van der Waals surface area (Å²) in [6.45, 7) is 3.19. The lowest BCUT2D eigenvalue weighted by atomic mass is 10.2. The molecule has 0 aromatic carbocycles. The van der Waals surface area contributed by atoms with Crippen LogP contribution in [0.3, 0.4) is 0 Å². The van der Waals surface area contributed by atoms with Crippen molar-refractivity contribution in [1.29, 1.82) is 0 Å². The van der Waals surface area contributed by atoms with E-state index in [4.69, 9.17) is 4.74 Å². The van der Waals surface area contributed by atoms with E-state index in [0.29, 0.717) is 6.10 Å². The zero-order valence-corrected chi connectivity index (χ0v) is 5.39. The van der Waals surface area contributed by atoms with Gasteiger partial charge in [-0.2, -0.15) is 0 Å². The summed E-state index contributed by atoms with van der Waals surface area (Å²) in [5.41, 5.74) is 0. The van der Waals surface area contributed by atoms with Crippen LogP contribution in [0, 0.1) is 6.42 Å². The predicted octanol–water partition coefficient (Wildman–Crippen LogP) is 1.78. The topological polar surface area (TPSA) is 12.5 Å². The molecule has 1 saturated heterocycles. The highest BCUT2D eigenvalue weighted by Crippen LogP contribution is 2.15. The Labute approximate surface area is 51.0 Å². The minimum atomic E-state index is 0.529. The Morgan fingerprint density at radius 1 is 1.75 bits per heavy atom. The highest BCUT2D eigenvalue weighted by atomic mass is 16.6. The summed E-state index contributed by atoms with van der Waals surface area (Å²) in [7, 11) is 0. The van der Waals surface area contributed by atoms with Crippen LogP contribution < -0.4 is 0 Å². The first kappa shape index (κ1) is 6.09. The molecule has 1 rings (SSSR count). The first-order chi connectivity index (χ1) is 3.93. The molecule has 0 aromatic rings. The lowest BCUT2D eigenvalue weighted by molar-refractivity contribution is 0.424. The Morgan fingerprint density at radius 2 is 2.50 bits per heavy atom. The molecule has 1 nitrogen and oxygen atoms in total. The third kappa shape index (κ3) is 2.31. The maximum atomic E-state index is 5.00. The van der Waals surface area contributed by atoms with Gasteiger partial charge in [-0.1, -0.05) is 19.8 Å². The molecule has 1 unspecified atom stereocenters. The molecule has 1 radical (unpaired) electrons. The monoisotopic (exact) mass is 113 g/mol. The normalized spacial score (nSPS) is 25.9. The smallest absolute Gasteiger partial charge is 0.0841 e. The molecular weight excluding hydrogens is 100 g/mol. The summed E-state index contributed by atoms with van der Waals surface area (Å²) >= 11 is 0. The predicted molar refractivity (Wildman–Crippen MR) is 33.6 cm³/mol. The average molecular weight is 113 g/mol. The number of hydrogen-bond donors (Lipinski definition) is 0. The maximum Gasteiger partial charge on any atom is 0.0841 e. The summed E-state index contributed by atoms with van der Waals surface area (Å²) in [5.74, 6) is 0. The molecule has 0 bridgehead atoms. The third-order valence-corrected chi connectivity index (χ3v) is 1.35. The van der Waals surface area contributed by atoms with Gasteiger partial charge in [0.25, 0.3) is 0 Å². The number of ether oxygens (including phenoxy) is 1. The van der Waals surface area contributed by atoms with Crippen molar-refractivity contribution in [2.45, 2.75) is 32.3 Å². The molecule has 0 aromatic heterocycles. The van der Waals surface area contributed by atoms with E-state index in [9.17, 15) is 0 Å². The fraction of sp³-hybridized carbons (Fsp3) is 0.857. The Hall–Kier alpha value is -0.0400. The van der Waals surface area contributed by atoms with E-state index in [1.165, 1.54) is 19.3 Å². The fourth-order valence-electron chi connectivity index (χ4n) is 0.700. The maximum absolute atomic E-state index is 5.00. The molecule has 0 aliphatic carbocycles. The third-order valence-electron chi connectivity index (χ3n) is 1.35. The molecule has 0 saturated carbocycles.